The molecule has 26 heavy (non-hydrogen) atoms. The highest BCUT2D eigenvalue weighted by Crippen LogP contribution is 2.31. The van der Waals surface area contributed by atoms with Gasteiger partial charge in [0.15, 0.2) is 0 Å². The summed E-state index contributed by atoms with van der Waals surface area (Å²) in [5.74, 6) is 1.39. The summed E-state index contributed by atoms with van der Waals surface area (Å²) in [6.45, 7) is 1.88. The number of rotatable bonds is 4. The van der Waals surface area contributed by atoms with Crippen molar-refractivity contribution in [2.45, 2.75) is 25.2 Å². The zero-order valence-electron chi connectivity index (χ0n) is 14.6. The normalized spacial score (nSPS) is 15.0. The molecular formula is C21H21N5. The van der Waals surface area contributed by atoms with Gasteiger partial charge in [0.2, 0.25) is 0 Å². The van der Waals surface area contributed by atoms with Gasteiger partial charge in [-0.3, -0.25) is 5.10 Å². The van der Waals surface area contributed by atoms with Crippen molar-refractivity contribution in [1.82, 2.24) is 15.2 Å². The molecule has 0 atom stereocenters. The Morgan fingerprint density at radius 3 is 2.65 bits per heavy atom. The fourth-order valence-electron chi connectivity index (χ4n) is 3.69. The lowest BCUT2D eigenvalue weighted by molar-refractivity contribution is 0.491. The minimum atomic E-state index is 0.475. The predicted octanol–water partition coefficient (Wildman–Crippen LogP) is 3.65. The summed E-state index contributed by atoms with van der Waals surface area (Å²) in [6, 6.07) is 18.3. The molecule has 130 valence electrons. The molecule has 1 N–H and O–H groups in total. The highest BCUT2D eigenvalue weighted by atomic mass is 15.2. The number of nitrogens with one attached hydrogen (secondary N) is 1. The van der Waals surface area contributed by atoms with Crippen LogP contribution in [0.3, 0.4) is 0 Å². The van der Waals surface area contributed by atoms with Crippen LogP contribution in [0.5, 0.6) is 0 Å². The van der Waals surface area contributed by atoms with E-state index in [1.807, 2.05) is 24.4 Å². The summed E-state index contributed by atoms with van der Waals surface area (Å²) >= 11 is 0. The van der Waals surface area contributed by atoms with Gasteiger partial charge in [-0.15, -0.1) is 0 Å². The molecule has 3 aromatic rings. The molecule has 5 heteroatoms. The van der Waals surface area contributed by atoms with Crippen molar-refractivity contribution < 1.29 is 0 Å². The van der Waals surface area contributed by atoms with Crippen LogP contribution in [0, 0.1) is 11.3 Å². The van der Waals surface area contributed by atoms with E-state index in [0.717, 1.165) is 38.2 Å². The smallest absolute Gasteiger partial charge is 0.142 e. The second-order valence-electron chi connectivity index (χ2n) is 6.73. The number of H-pyrrole nitrogens is 1. The fourth-order valence-corrected chi connectivity index (χ4v) is 3.69. The maximum absolute atomic E-state index is 9.04. The topological polar surface area (TPSA) is 68.6 Å². The minimum absolute atomic E-state index is 0.475. The summed E-state index contributed by atoms with van der Waals surface area (Å²) in [6.07, 6.45) is 5.00. The van der Waals surface area contributed by atoms with Gasteiger partial charge in [-0.2, -0.15) is 10.4 Å². The first kappa shape index (κ1) is 16.3. The van der Waals surface area contributed by atoms with E-state index in [4.69, 9.17) is 5.26 Å². The number of hydrogen-bond donors (Lipinski definition) is 1. The molecule has 0 unspecified atom stereocenters. The van der Waals surface area contributed by atoms with E-state index >= 15 is 0 Å². The third kappa shape index (κ3) is 3.45. The van der Waals surface area contributed by atoms with E-state index in [2.05, 4.69) is 50.4 Å². The molecule has 0 bridgehead atoms. The Bertz CT molecular complexity index is 901. The van der Waals surface area contributed by atoms with Gasteiger partial charge in [0.05, 0.1) is 6.20 Å². The Morgan fingerprint density at radius 1 is 1.08 bits per heavy atom. The third-order valence-corrected chi connectivity index (χ3v) is 5.06. The SMILES string of the molecule is N#Cc1cccc(N2CCC(c3[nH]ncc3Cc3ccccc3)CC2)n1. The van der Waals surface area contributed by atoms with E-state index in [0.29, 0.717) is 11.6 Å². The van der Waals surface area contributed by atoms with Gasteiger partial charge in [0, 0.05) is 31.1 Å². The largest absolute Gasteiger partial charge is 0.357 e. The van der Waals surface area contributed by atoms with Crippen LogP contribution in [0.15, 0.2) is 54.7 Å². The molecule has 0 radical (unpaired) electrons. The van der Waals surface area contributed by atoms with Gasteiger partial charge in [0.25, 0.3) is 0 Å². The first-order chi connectivity index (χ1) is 12.8. The number of aromatic amines is 1. The number of nitrogens with zero attached hydrogens (tertiary/aromatic N) is 4. The highest BCUT2D eigenvalue weighted by Gasteiger charge is 2.24. The first-order valence-corrected chi connectivity index (χ1v) is 9.01. The van der Waals surface area contributed by atoms with Crippen LogP contribution in [0.2, 0.25) is 0 Å². The predicted molar refractivity (Wildman–Crippen MR) is 101 cm³/mol. The lowest BCUT2D eigenvalue weighted by Gasteiger charge is -2.32. The van der Waals surface area contributed by atoms with Crippen LogP contribution in [0.25, 0.3) is 0 Å². The van der Waals surface area contributed by atoms with Crippen molar-refractivity contribution in [3.8, 4) is 6.07 Å². The van der Waals surface area contributed by atoms with E-state index in [-0.39, 0.29) is 0 Å². The number of anilines is 1. The number of benzene rings is 1. The van der Waals surface area contributed by atoms with Crippen LogP contribution in [-0.4, -0.2) is 28.3 Å². The van der Waals surface area contributed by atoms with Crippen molar-refractivity contribution in [2.75, 3.05) is 18.0 Å². The van der Waals surface area contributed by atoms with Crippen LogP contribution >= 0.6 is 0 Å². The summed E-state index contributed by atoms with van der Waals surface area (Å²) < 4.78 is 0. The molecule has 0 spiro atoms. The highest BCUT2D eigenvalue weighted by molar-refractivity contribution is 5.42. The molecule has 1 aliphatic rings. The third-order valence-electron chi connectivity index (χ3n) is 5.06. The Balaban J connectivity index is 1.44. The second-order valence-corrected chi connectivity index (χ2v) is 6.73. The van der Waals surface area contributed by atoms with E-state index in [1.54, 1.807) is 6.07 Å². The lowest BCUT2D eigenvalue weighted by atomic mass is 9.90. The second kappa shape index (κ2) is 7.40. The van der Waals surface area contributed by atoms with Gasteiger partial charge in [0.1, 0.15) is 17.6 Å². The summed E-state index contributed by atoms with van der Waals surface area (Å²) in [7, 11) is 0. The Hall–Kier alpha value is -3.13. The monoisotopic (exact) mass is 343 g/mol. The maximum atomic E-state index is 9.04. The quantitative estimate of drug-likeness (QED) is 0.785. The molecule has 0 saturated carbocycles. The molecule has 4 rings (SSSR count). The number of aromatic nitrogens is 3. The molecule has 1 aromatic carbocycles. The molecule has 1 saturated heterocycles. The van der Waals surface area contributed by atoms with Gasteiger partial charge in [-0.25, -0.2) is 4.98 Å². The molecule has 0 amide bonds. The molecular weight excluding hydrogens is 322 g/mol. The van der Waals surface area contributed by atoms with Crippen LogP contribution in [0.1, 0.15) is 41.3 Å². The molecule has 2 aromatic heterocycles. The standard InChI is InChI=1S/C21H21N5/c22-14-19-7-4-8-20(24-19)26-11-9-17(10-12-26)21-18(15-23-25-21)13-16-5-2-1-3-6-16/h1-8,15,17H,9-13H2,(H,23,25). The molecule has 1 aliphatic heterocycles. The zero-order chi connectivity index (χ0) is 17.8. The Morgan fingerprint density at radius 2 is 1.88 bits per heavy atom. The number of nitriles is 1. The maximum Gasteiger partial charge on any atom is 0.142 e. The summed E-state index contributed by atoms with van der Waals surface area (Å²) in [5.41, 5.74) is 4.35. The summed E-state index contributed by atoms with van der Waals surface area (Å²) in [4.78, 5) is 6.69. The molecule has 0 aliphatic carbocycles. The zero-order valence-corrected chi connectivity index (χ0v) is 14.6. The minimum Gasteiger partial charge on any atom is -0.357 e. The van der Waals surface area contributed by atoms with Crippen LogP contribution < -0.4 is 4.90 Å². The van der Waals surface area contributed by atoms with Crippen molar-refractivity contribution in [3.05, 3.63) is 77.2 Å². The van der Waals surface area contributed by atoms with E-state index in [9.17, 15) is 0 Å². The van der Waals surface area contributed by atoms with Crippen LogP contribution in [-0.2, 0) is 6.42 Å². The molecule has 1 fully saturated rings. The number of hydrogen-bond acceptors (Lipinski definition) is 4. The Labute approximate surface area is 153 Å². The fraction of sp³-hybridized carbons (Fsp3) is 0.286. The van der Waals surface area contributed by atoms with Gasteiger partial charge < -0.3 is 4.90 Å². The van der Waals surface area contributed by atoms with E-state index < -0.39 is 0 Å². The first-order valence-electron chi connectivity index (χ1n) is 9.01. The van der Waals surface area contributed by atoms with Gasteiger partial charge in [-0.1, -0.05) is 36.4 Å². The summed E-state index contributed by atoms with van der Waals surface area (Å²) in [5, 5.41) is 16.6. The number of pyridine rings is 1. The van der Waals surface area contributed by atoms with Crippen LogP contribution in [0.4, 0.5) is 5.82 Å². The number of piperidine rings is 1. The van der Waals surface area contributed by atoms with Gasteiger partial charge in [-0.05, 0) is 36.1 Å². The molecule has 5 nitrogen and oxygen atoms in total. The van der Waals surface area contributed by atoms with Crippen molar-refractivity contribution >= 4 is 5.82 Å². The average Bonchev–Trinajstić information content (AvgIpc) is 3.17. The Kier molecular flexibility index (Phi) is 4.65. The average molecular weight is 343 g/mol. The molecule has 3 heterocycles. The lowest BCUT2D eigenvalue weighted by Crippen LogP contribution is -2.33. The van der Waals surface area contributed by atoms with Gasteiger partial charge >= 0.3 is 0 Å². The van der Waals surface area contributed by atoms with Crippen molar-refractivity contribution in [3.63, 3.8) is 0 Å². The van der Waals surface area contributed by atoms with E-state index in [1.165, 1.54) is 16.8 Å². The van der Waals surface area contributed by atoms with Crippen molar-refractivity contribution in [2.24, 2.45) is 0 Å². The van der Waals surface area contributed by atoms with Crippen molar-refractivity contribution in [1.29, 1.82) is 5.26 Å².